The van der Waals surface area contributed by atoms with E-state index in [1.165, 1.54) is 0 Å². The van der Waals surface area contributed by atoms with Crippen molar-refractivity contribution in [1.29, 1.82) is 5.26 Å². The van der Waals surface area contributed by atoms with Crippen LogP contribution in [0.25, 0.3) is 0 Å². The number of nitrogens with zero attached hydrogens (tertiary/aromatic N) is 3. The molecule has 10 heteroatoms. The van der Waals surface area contributed by atoms with Crippen molar-refractivity contribution in [2.45, 2.75) is 37.9 Å². The first-order valence-corrected chi connectivity index (χ1v) is 10.4. The number of carbonyl (C=O) groups excluding carboxylic acids is 1. The van der Waals surface area contributed by atoms with E-state index < -0.39 is 17.3 Å². The van der Waals surface area contributed by atoms with Crippen molar-refractivity contribution in [3.8, 4) is 11.8 Å². The Morgan fingerprint density at radius 2 is 2.03 bits per heavy atom. The van der Waals surface area contributed by atoms with E-state index in [9.17, 15) is 20.0 Å². The van der Waals surface area contributed by atoms with Gasteiger partial charge in [0.1, 0.15) is 37.2 Å². The molecular formula is C21H31N4O6+. The van der Waals surface area contributed by atoms with Gasteiger partial charge in [-0.25, -0.2) is 0 Å². The second kappa shape index (κ2) is 11.5. The number of amides is 1. The van der Waals surface area contributed by atoms with Crippen molar-refractivity contribution in [3.05, 3.63) is 39.9 Å². The number of hydrogen-bond donors (Lipinski definition) is 2. The molecule has 2 rings (SSSR count). The smallest absolute Gasteiger partial charge is 0.294 e. The predicted molar refractivity (Wildman–Crippen MR) is 111 cm³/mol. The summed E-state index contributed by atoms with van der Waals surface area (Å²) in [6.07, 6.45) is 1.00. The maximum absolute atomic E-state index is 12.4. The molecule has 1 aromatic carbocycles. The van der Waals surface area contributed by atoms with Crippen LogP contribution in [0.4, 0.5) is 0 Å². The Kier molecular flexibility index (Phi) is 9.03. The first-order chi connectivity index (χ1) is 14.7. The van der Waals surface area contributed by atoms with E-state index in [1.807, 2.05) is 14.1 Å². The molecule has 31 heavy (non-hydrogen) atoms. The summed E-state index contributed by atoms with van der Waals surface area (Å²) in [5.74, 6) is 0.248. The fourth-order valence-electron chi connectivity index (χ4n) is 3.76. The average Bonchev–Trinajstić information content (AvgIpc) is 2.72. The second-order valence-electron chi connectivity index (χ2n) is 8.51. The molecule has 0 bridgehead atoms. The molecule has 1 atom stereocenters. The number of nitrogens with one attached hydrogen (secondary N) is 1. The number of likely N-dealkylation sites (N-methyl/N-ethyl adjacent to an activating group) is 1. The molecule has 1 fully saturated rings. The van der Waals surface area contributed by atoms with Crippen molar-refractivity contribution in [3.63, 3.8) is 0 Å². The number of aliphatic hydroxyl groups is 1. The average molecular weight is 436 g/mol. The van der Waals surface area contributed by atoms with Gasteiger partial charge in [0.15, 0.2) is 0 Å². The Bertz CT molecular complexity index is 786. The van der Waals surface area contributed by atoms with Crippen LogP contribution in [0.3, 0.4) is 0 Å². The molecule has 1 aliphatic carbocycles. The molecule has 2 N–H and O–H groups in total. The van der Waals surface area contributed by atoms with Crippen LogP contribution in [-0.4, -0.2) is 73.1 Å². The van der Waals surface area contributed by atoms with Gasteiger partial charge in [-0.05, 0) is 37.8 Å². The zero-order valence-corrected chi connectivity index (χ0v) is 18.0. The van der Waals surface area contributed by atoms with Gasteiger partial charge >= 0.3 is 0 Å². The van der Waals surface area contributed by atoms with Gasteiger partial charge in [0.25, 0.3) is 5.09 Å². The summed E-state index contributed by atoms with van der Waals surface area (Å²) in [6, 6.07) is 8.93. The number of quaternary nitrogens is 1. The van der Waals surface area contributed by atoms with Crippen LogP contribution in [0, 0.1) is 27.4 Å². The molecule has 0 aromatic heterocycles. The quantitative estimate of drug-likeness (QED) is 0.303. The molecule has 1 saturated carbocycles. The van der Waals surface area contributed by atoms with E-state index in [1.54, 1.807) is 24.3 Å². The van der Waals surface area contributed by atoms with E-state index in [-0.39, 0.29) is 18.4 Å². The van der Waals surface area contributed by atoms with Gasteiger partial charge in [-0.3, -0.25) is 4.79 Å². The SMILES string of the molecule is C[N+](C)(CCNC(=O)C1CCC(O[N+](=O)[O-])CC1)CC(O)COc1ccccc1C#N. The van der Waals surface area contributed by atoms with Crippen LogP contribution in [0.2, 0.25) is 0 Å². The number of nitriles is 1. The lowest BCUT2D eigenvalue weighted by Crippen LogP contribution is -2.51. The van der Waals surface area contributed by atoms with E-state index in [4.69, 9.17) is 10.00 Å². The van der Waals surface area contributed by atoms with Gasteiger partial charge in [0, 0.05) is 5.92 Å². The third-order valence-electron chi connectivity index (χ3n) is 5.44. The lowest BCUT2D eigenvalue weighted by molar-refractivity contribution is -0.892. The van der Waals surface area contributed by atoms with Crippen LogP contribution in [0.5, 0.6) is 5.75 Å². The Morgan fingerprint density at radius 1 is 1.35 bits per heavy atom. The molecule has 0 radical (unpaired) electrons. The number of ether oxygens (including phenoxy) is 1. The normalized spacial score (nSPS) is 19.7. The maximum Gasteiger partial charge on any atom is 0.294 e. The van der Waals surface area contributed by atoms with Crippen molar-refractivity contribution >= 4 is 5.91 Å². The molecular weight excluding hydrogens is 404 g/mol. The van der Waals surface area contributed by atoms with Gasteiger partial charge < -0.3 is 24.5 Å². The molecule has 0 aliphatic heterocycles. The third-order valence-corrected chi connectivity index (χ3v) is 5.44. The minimum atomic E-state index is -0.771. The second-order valence-corrected chi connectivity index (χ2v) is 8.51. The van der Waals surface area contributed by atoms with E-state index in [2.05, 4.69) is 16.2 Å². The molecule has 170 valence electrons. The highest BCUT2D eigenvalue weighted by Crippen LogP contribution is 2.26. The summed E-state index contributed by atoms with van der Waals surface area (Å²) in [7, 11) is 3.91. The summed E-state index contributed by atoms with van der Waals surface area (Å²) >= 11 is 0. The van der Waals surface area contributed by atoms with Gasteiger partial charge in [0.2, 0.25) is 5.91 Å². The highest BCUT2D eigenvalue weighted by Gasteiger charge is 2.28. The zero-order chi connectivity index (χ0) is 22.9. The molecule has 0 saturated heterocycles. The fraction of sp³-hybridized carbons (Fsp3) is 0.619. The molecule has 1 unspecified atom stereocenters. The Hall–Kier alpha value is -2.90. The van der Waals surface area contributed by atoms with Crippen LogP contribution >= 0.6 is 0 Å². The Balaban J connectivity index is 1.68. The Labute approximate surface area is 182 Å². The number of para-hydroxylation sites is 1. The standard InChI is InChI=1S/C21H30N4O6/c1-25(2,14-18(26)15-30-20-6-4-3-5-17(20)13-22)12-11-23-21(27)16-7-9-19(10-8-16)31-24(28)29/h3-6,16,18-19,26H,7-12,14-15H2,1-2H3/p+1. The van der Waals surface area contributed by atoms with Gasteiger partial charge in [-0.1, -0.05) is 12.1 Å². The number of carbonyl (C=O) groups is 1. The fourth-order valence-corrected chi connectivity index (χ4v) is 3.76. The van der Waals surface area contributed by atoms with Crippen LogP contribution in [0.15, 0.2) is 24.3 Å². The van der Waals surface area contributed by atoms with Crippen molar-refractivity contribution in [2.75, 3.05) is 40.3 Å². The van der Waals surface area contributed by atoms with E-state index >= 15 is 0 Å². The van der Waals surface area contributed by atoms with Crippen LogP contribution in [0.1, 0.15) is 31.2 Å². The van der Waals surface area contributed by atoms with Crippen LogP contribution < -0.4 is 10.1 Å². The summed E-state index contributed by atoms with van der Waals surface area (Å²) in [4.78, 5) is 27.3. The minimum absolute atomic E-state index is 0.0449. The highest BCUT2D eigenvalue weighted by atomic mass is 17.0. The summed E-state index contributed by atoms with van der Waals surface area (Å²) in [6.45, 7) is 1.58. The first-order valence-electron chi connectivity index (χ1n) is 10.4. The number of benzene rings is 1. The molecule has 0 heterocycles. The van der Waals surface area contributed by atoms with Gasteiger partial charge in [0.05, 0.1) is 32.7 Å². The monoisotopic (exact) mass is 435 g/mol. The Morgan fingerprint density at radius 3 is 2.68 bits per heavy atom. The third kappa shape index (κ3) is 8.39. The predicted octanol–water partition coefficient (Wildman–Crippen LogP) is 1.26. The summed E-state index contributed by atoms with van der Waals surface area (Å²) in [5, 5.41) is 32.0. The topological polar surface area (TPSA) is 135 Å². The summed E-state index contributed by atoms with van der Waals surface area (Å²) < 4.78 is 6.07. The molecule has 1 aliphatic rings. The highest BCUT2D eigenvalue weighted by molar-refractivity contribution is 5.78. The molecule has 0 spiro atoms. The number of hydrogen-bond acceptors (Lipinski definition) is 7. The van der Waals surface area contributed by atoms with E-state index in [0.717, 1.165) is 0 Å². The largest absolute Gasteiger partial charge is 0.489 e. The van der Waals surface area contributed by atoms with Crippen LogP contribution in [-0.2, 0) is 9.63 Å². The van der Waals surface area contributed by atoms with Crippen molar-refractivity contribution in [1.82, 2.24) is 5.32 Å². The number of aliphatic hydroxyl groups excluding tert-OH is 1. The molecule has 1 amide bonds. The minimum Gasteiger partial charge on any atom is -0.489 e. The lowest BCUT2D eigenvalue weighted by atomic mass is 9.87. The summed E-state index contributed by atoms with van der Waals surface area (Å²) in [5.41, 5.74) is 0.421. The lowest BCUT2D eigenvalue weighted by Gasteiger charge is -2.32. The molecule has 10 nitrogen and oxygen atoms in total. The van der Waals surface area contributed by atoms with Crippen molar-refractivity contribution < 1.29 is 29.0 Å². The number of rotatable bonds is 11. The van der Waals surface area contributed by atoms with Gasteiger partial charge in [-0.15, -0.1) is 10.1 Å². The van der Waals surface area contributed by atoms with E-state index in [0.29, 0.717) is 61.1 Å². The van der Waals surface area contributed by atoms with Gasteiger partial charge in [-0.2, -0.15) is 5.26 Å². The van der Waals surface area contributed by atoms with Crippen molar-refractivity contribution in [2.24, 2.45) is 5.92 Å². The molecule has 1 aromatic rings. The zero-order valence-electron chi connectivity index (χ0n) is 18.0. The maximum atomic E-state index is 12.4. The first kappa shape index (κ1) is 24.4.